The zero-order valence-corrected chi connectivity index (χ0v) is 12.8. The first-order valence-corrected chi connectivity index (χ1v) is 5.15. The number of aromatic nitrogens is 1. The van der Waals surface area contributed by atoms with Crippen molar-refractivity contribution in [2.24, 2.45) is 0 Å². The second-order valence-corrected chi connectivity index (χ2v) is 3.42. The number of hydrogen-bond acceptors (Lipinski definition) is 3. The summed E-state index contributed by atoms with van der Waals surface area (Å²) in [6.07, 6.45) is 4.78. The van der Waals surface area contributed by atoms with Gasteiger partial charge in [-0.05, 0) is 17.6 Å². The molecule has 87 valence electrons. The van der Waals surface area contributed by atoms with E-state index in [2.05, 4.69) is 11.2 Å². The van der Waals surface area contributed by atoms with Crippen molar-refractivity contribution >= 4 is 10.9 Å². The normalized spacial score (nSPS) is 11.4. The van der Waals surface area contributed by atoms with Gasteiger partial charge in [0.2, 0.25) is 6.79 Å². The van der Waals surface area contributed by atoms with Gasteiger partial charge in [0, 0.05) is 32.7 Å². The number of ether oxygens (including phenoxy) is 2. The largest absolute Gasteiger partial charge is 0.455 e. The van der Waals surface area contributed by atoms with Gasteiger partial charge in [-0.25, -0.2) is 0 Å². The van der Waals surface area contributed by atoms with Gasteiger partial charge < -0.3 is 20.9 Å². The van der Waals surface area contributed by atoms with Crippen LogP contribution in [0, 0.1) is 12.6 Å². The van der Waals surface area contributed by atoms with Crippen LogP contribution >= 0.6 is 0 Å². The van der Waals surface area contributed by atoms with Gasteiger partial charge >= 0.3 is 0 Å². The van der Waals surface area contributed by atoms with Crippen LogP contribution in [0.2, 0.25) is 0 Å². The summed E-state index contributed by atoms with van der Waals surface area (Å²) in [6.45, 7) is 4.30. The molecule has 4 heteroatoms. The summed E-state index contributed by atoms with van der Waals surface area (Å²) in [4.78, 5) is 4.10. The molecule has 0 aliphatic carbocycles. The third-order valence-electron chi connectivity index (χ3n) is 2.04. The predicted molar refractivity (Wildman–Crippen MR) is 62.4 cm³/mol. The molecular formula is C13H13NO2Y-2. The van der Waals surface area contributed by atoms with Crippen LogP contribution < -0.4 is 9.47 Å². The molecular weight excluding hydrogens is 291 g/mol. The molecule has 0 bridgehead atoms. The summed E-state index contributed by atoms with van der Waals surface area (Å²) in [5, 5.41) is 1.04. The van der Waals surface area contributed by atoms with Crippen molar-refractivity contribution in [3.63, 3.8) is 0 Å². The zero-order valence-electron chi connectivity index (χ0n) is 9.93. The standard InChI is InChI=1S/C10H6NO2.C3H7.Y/c1-2-7-4-9-10(13-6-12-9)5-8(7)11-3-1;1-3-2;/h1-2,4-5H,6H2;3H,1-2H3;/q2*-1;. The Bertz CT molecular complexity index is 445. The van der Waals surface area contributed by atoms with Gasteiger partial charge in [-0.15, -0.1) is 5.39 Å². The van der Waals surface area contributed by atoms with Crippen LogP contribution in [-0.2, 0) is 32.7 Å². The van der Waals surface area contributed by atoms with Crippen LogP contribution in [-0.4, -0.2) is 11.8 Å². The van der Waals surface area contributed by atoms with E-state index in [0.717, 1.165) is 22.4 Å². The molecule has 1 radical (unpaired) electrons. The van der Waals surface area contributed by atoms with Crippen LogP contribution in [0.5, 0.6) is 11.5 Å². The van der Waals surface area contributed by atoms with Crippen LogP contribution in [0.4, 0.5) is 0 Å². The first-order chi connectivity index (χ1) is 7.85. The number of benzene rings is 1. The number of pyridine rings is 1. The first kappa shape index (κ1) is 14.4. The van der Waals surface area contributed by atoms with E-state index in [1.54, 1.807) is 6.07 Å². The number of hydrogen-bond donors (Lipinski definition) is 0. The Balaban J connectivity index is 0.000000331. The van der Waals surface area contributed by atoms with Gasteiger partial charge in [0.1, 0.15) is 0 Å². The van der Waals surface area contributed by atoms with Gasteiger partial charge in [-0.1, -0.05) is 6.20 Å². The SMILES string of the molecule is C[CH-]C.[Y].[c-]1ccc2cc3c(cc2n1)OCO3. The first-order valence-electron chi connectivity index (χ1n) is 5.15. The summed E-state index contributed by atoms with van der Waals surface area (Å²) in [7, 11) is 0. The molecule has 0 saturated heterocycles. The molecule has 1 aromatic heterocycles. The Morgan fingerprint density at radius 1 is 1.24 bits per heavy atom. The van der Waals surface area contributed by atoms with Gasteiger partial charge in [-0.2, -0.15) is 26.0 Å². The molecule has 0 N–H and O–H groups in total. The van der Waals surface area contributed by atoms with Crippen LogP contribution in [0.1, 0.15) is 13.8 Å². The van der Waals surface area contributed by atoms with Crippen molar-refractivity contribution in [3.05, 3.63) is 36.9 Å². The van der Waals surface area contributed by atoms with E-state index >= 15 is 0 Å². The number of rotatable bonds is 0. The molecule has 2 heterocycles. The summed E-state index contributed by atoms with van der Waals surface area (Å²) >= 11 is 0. The quantitative estimate of drug-likeness (QED) is 0.701. The summed E-state index contributed by atoms with van der Waals surface area (Å²) in [5.74, 6) is 1.56. The molecule has 0 atom stereocenters. The minimum absolute atomic E-state index is 0. The predicted octanol–water partition coefficient (Wildman–Crippen LogP) is 2.99. The molecule has 0 saturated carbocycles. The summed E-state index contributed by atoms with van der Waals surface area (Å²) in [6, 6.07) is 7.53. The smallest absolute Gasteiger partial charge is 0.231 e. The van der Waals surface area contributed by atoms with E-state index in [0.29, 0.717) is 6.79 Å². The fourth-order valence-corrected chi connectivity index (χ4v) is 1.41. The van der Waals surface area contributed by atoms with Gasteiger partial charge in [-0.3, -0.25) is 0 Å². The Kier molecular flexibility index (Phi) is 5.86. The van der Waals surface area contributed by atoms with E-state index in [1.807, 2.05) is 38.5 Å². The molecule has 3 nitrogen and oxygen atoms in total. The molecule has 0 fully saturated rings. The van der Waals surface area contributed by atoms with Crippen LogP contribution in [0.3, 0.4) is 0 Å². The average molecular weight is 304 g/mol. The van der Waals surface area contributed by atoms with E-state index in [4.69, 9.17) is 9.47 Å². The van der Waals surface area contributed by atoms with Crippen molar-refractivity contribution in [1.82, 2.24) is 4.98 Å². The number of fused-ring (bicyclic) bond motifs is 2. The molecule has 1 aliphatic heterocycles. The van der Waals surface area contributed by atoms with Crippen molar-refractivity contribution in [1.29, 1.82) is 0 Å². The fourth-order valence-electron chi connectivity index (χ4n) is 1.41. The van der Waals surface area contributed by atoms with E-state index in [-0.39, 0.29) is 32.7 Å². The van der Waals surface area contributed by atoms with Crippen molar-refractivity contribution in [3.8, 4) is 11.5 Å². The Hall–Kier alpha value is -0.666. The Labute approximate surface area is 126 Å². The van der Waals surface area contributed by atoms with E-state index in [1.165, 1.54) is 0 Å². The maximum atomic E-state index is 5.25. The van der Waals surface area contributed by atoms with Gasteiger partial charge in [0.15, 0.2) is 11.5 Å². The Morgan fingerprint density at radius 2 is 1.88 bits per heavy atom. The van der Waals surface area contributed by atoms with E-state index in [9.17, 15) is 0 Å². The molecule has 1 aromatic carbocycles. The minimum atomic E-state index is 0. The molecule has 2 aromatic rings. The van der Waals surface area contributed by atoms with Crippen LogP contribution in [0.15, 0.2) is 24.3 Å². The summed E-state index contributed by atoms with van der Waals surface area (Å²) in [5.41, 5.74) is 0.881. The maximum Gasteiger partial charge on any atom is 0.231 e. The number of nitrogens with zero attached hydrogens (tertiary/aromatic N) is 1. The monoisotopic (exact) mass is 304 g/mol. The fraction of sp³-hybridized carbons (Fsp3) is 0.231. The minimum Gasteiger partial charge on any atom is -0.455 e. The maximum absolute atomic E-state index is 5.25. The molecule has 17 heavy (non-hydrogen) atoms. The topological polar surface area (TPSA) is 31.4 Å². The van der Waals surface area contributed by atoms with Crippen molar-refractivity contribution in [2.75, 3.05) is 6.79 Å². The Morgan fingerprint density at radius 3 is 2.59 bits per heavy atom. The second kappa shape index (κ2) is 6.92. The molecule has 0 amide bonds. The van der Waals surface area contributed by atoms with E-state index < -0.39 is 0 Å². The van der Waals surface area contributed by atoms with Crippen molar-refractivity contribution in [2.45, 2.75) is 13.8 Å². The average Bonchev–Trinajstić information content (AvgIpc) is 2.74. The van der Waals surface area contributed by atoms with Gasteiger partial charge in [0.05, 0.1) is 0 Å². The van der Waals surface area contributed by atoms with Crippen LogP contribution in [0.25, 0.3) is 10.9 Å². The van der Waals surface area contributed by atoms with Crippen molar-refractivity contribution < 1.29 is 42.2 Å². The van der Waals surface area contributed by atoms with Gasteiger partial charge in [0.25, 0.3) is 0 Å². The third-order valence-corrected chi connectivity index (χ3v) is 2.04. The molecule has 1 aliphatic rings. The third kappa shape index (κ3) is 3.40. The second-order valence-electron chi connectivity index (χ2n) is 3.42. The molecule has 3 rings (SSSR count). The molecule has 0 spiro atoms. The summed E-state index contributed by atoms with van der Waals surface area (Å²) < 4.78 is 10.5. The molecule has 0 unspecified atom stereocenters. The zero-order chi connectivity index (χ0) is 11.4.